The number of amides is 8. The molecule has 107 heavy (non-hydrogen) atoms. The van der Waals surface area contributed by atoms with Crippen molar-refractivity contribution < 1.29 is 84.5 Å². The average molecular weight is 1500 g/mol. The number of hydrogen-bond acceptors (Lipinski definition) is 15. The lowest BCUT2D eigenvalue weighted by Crippen LogP contribution is -2.54. The van der Waals surface area contributed by atoms with Gasteiger partial charge in [-0.15, -0.1) is 0 Å². The van der Waals surface area contributed by atoms with Crippen molar-refractivity contribution in [3.8, 4) is 5.75 Å². The number of Topliss-reactive ketones (excluding diaryl/α,β-unsaturated/α-hetero) is 3. The third kappa shape index (κ3) is 25.2. The SMILES string of the molecule is CC[C@H](C)[C@@H]([C@@H](CC(=O)N1CCC[C@H]1[C@H](OC)[C@@H](C)C(=O)C[C@@H](Cc1ccccc1)C(=O)NCCc1ccc(NC(=O)[C@H](CCCNC(N)=O)CC(=O)[C@@H](NC(=O)CCC(=O)N2CCC(C(=O)Oc3c(F)c(F)c(C)c(F)c3F)CC2C)C(C)C)cc1)OC)N(C)C(=O)[C@@H](CC(=O)[C@H](C(C)C)N(C)C)C(C)C. The topological polar surface area (TPSA) is 303 Å². The monoisotopic (exact) mass is 1500 g/mol. The number of esters is 1. The molecule has 2 saturated heterocycles. The number of urea groups is 1. The molecule has 3 aromatic carbocycles. The zero-order chi connectivity index (χ0) is 79.8. The summed E-state index contributed by atoms with van der Waals surface area (Å²) in [7, 11) is 8.55. The Balaban J connectivity index is 1.18. The number of carbonyl (C=O) groups is 11. The summed E-state index contributed by atoms with van der Waals surface area (Å²) < 4.78 is 74.4. The molecule has 0 aromatic heterocycles. The lowest BCUT2D eigenvalue weighted by atomic mass is 9.83. The van der Waals surface area contributed by atoms with Gasteiger partial charge in [0.2, 0.25) is 52.8 Å². The van der Waals surface area contributed by atoms with Gasteiger partial charge in [0.05, 0.1) is 48.7 Å². The highest BCUT2D eigenvalue weighted by molar-refractivity contribution is 5.98. The molecule has 594 valence electrons. The summed E-state index contributed by atoms with van der Waals surface area (Å²) in [6.45, 7) is 20.3. The molecule has 13 atom stereocenters. The smallest absolute Gasteiger partial charge is 0.314 e. The van der Waals surface area contributed by atoms with Gasteiger partial charge in [-0.1, -0.05) is 111 Å². The van der Waals surface area contributed by atoms with Crippen LogP contribution >= 0.6 is 0 Å². The van der Waals surface area contributed by atoms with Crippen molar-refractivity contribution in [3.05, 3.63) is 94.6 Å². The van der Waals surface area contributed by atoms with Crippen molar-refractivity contribution in [1.29, 1.82) is 0 Å². The van der Waals surface area contributed by atoms with Gasteiger partial charge in [0.25, 0.3) is 0 Å². The van der Waals surface area contributed by atoms with Gasteiger partial charge >= 0.3 is 12.0 Å². The number of ether oxygens (including phenoxy) is 3. The molecule has 2 heterocycles. The minimum Gasteiger partial charge on any atom is -0.420 e. The Kier molecular flexibility index (Phi) is 35.6. The quantitative estimate of drug-likeness (QED) is 0.0116. The van der Waals surface area contributed by atoms with Crippen LogP contribution in [0.1, 0.15) is 169 Å². The van der Waals surface area contributed by atoms with Gasteiger partial charge in [0.1, 0.15) is 5.78 Å². The summed E-state index contributed by atoms with van der Waals surface area (Å²) in [5, 5.41) is 11.1. The predicted molar refractivity (Wildman–Crippen MR) is 398 cm³/mol. The Labute approximate surface area is 629 Å². The van der Waals surface area contributed by atoms with Crippen molar-refractivity contribution >= 4 is 70.5 Å². The Morgan fingerprint density at radius 1 is 0.664 bits per heavy atom. The van der Waals surface area contributed by atoms with E-state index < -0.39 is 142 Å². The summed E-state index contributed by atoms with van der Waals surface area (Å²) in [5.74, 6) is -17.3. The molecule has 0 aliphatic carbocycles. The molecule has 6 N–H and O–H groups in total. The van der Waals surface area contributed by atoms with E-state index in [2.05, 4.69) is 21.3 Å². The molecule has 0 spiro atoms. The molecule has 23 nitrogen and oxygen atoms in total. The second kappa shape index (κ2) is 42.5. The second-order valence-electron chi connectivity index (χ2n) is 30.4. The van der Waals surface area contributed by atoms with Gasteiger partial charge in [0, 0.05) is 121 Å². The fraction of sp³-hybridized carbons (Fsp3) is 0.637. The van der Waals surface area contributed by atoms with Crippen LogP contribution in [-0.4, -0.2) is 188 Å². The van der Waals surface area contributed by atoms with E-state index in [1.165, 1.54) is 12.0 Å². The molecule has 3 aromatic rings. The van der Waals surface area contributed by atoms with Gasteiger partial charge in [-0.05, 0) is 126 Å². The van der Waals surface area contributed by atoms with Crippen LogP contribution in [0.3, 0.4) is 0 Å². The van der Waals surface area contributed by atoms with Crippen LogP contribution in [-0.2, 0) is 70.3 Å². The van der Waals surface area contributed by atoms with Crippen molar-refractivity contribution in [3.63, 3.8) is 0 Å². The van der Waals surface area contributed by atoms with Crippen molar-refractivity contribution in [1.82, 2.24) is 35.6 Å². The number of piperidine rings is 1. The number of hydrogen-bond donors (Lipinski definition) is 5. The maximum atomic E-state index is 14.7. The zero-order valence-corrected chi connectivity index (χ0v) is 65.5. The highest BCUT2D eigenvalue weighted by Gasteiger charge is 2.45. The summed E-state index contributed by atoms with van der Waals surface area (Å²) >= 11 is 0. The average Bonchev–Trinajstić information content (AvgIpc) is 1.73. The van der Waals surface area contributed by atoms with Crippen molar-refractivity contribution in [2.75, 3.05) is 66.9 Å². The van der Waals surface area contributed by atoms with Crippen LogP contribution in [0.5, 0.6) is 5.75 Å². The number of ketones is 3. The number of primary amides is 1. The molecule has 0 saturated carbocycles. The molecule has 5 rings (SSSR count). The number of rotatable bonds is 42. The number of likely N-dealkylation sites (tertiary alicyclic amines) is 2. The second-order valence-corrected chi connectivity index (χ2v) is 30.4. The molecule has 0 radical (unpaired) electrons. The summed E-state index contributed by atoms with van der Waals surface area (Å²) in [6.07, 6.45) is 0.540. The fourth-order valence-corrected chi connectivity index (χ4v) is 15.1. The Hall–Kier alpha value is -8.17. The van der Waals surface area contributed by atoms with Crippen LogP contribution in [0.15, 0.2) is 54.6 Å². The maximum Gasteiger partial charge on any atom is 0.314 e. The minimum absolute atomic E-state index is 0.00231. The van der Waals surface area contributed by atoms with Crippen LogP contribution in [0.25, 0.3) is 0 Å². The highest BCUT2D eigenvalue weighted by atomic mass is 19.2. The van der Waals surface area contributed by atoms with E-state index in [4.69, 9.17) is 19.9 Å². The largest absolute Gasteiger partial charge is 0.420 e. The number of nitrogens with two attached hydrogens (primary N) is 1. The number of carbonyl (C=O) groups excluding carboxylic acids is 11. The third-order valence-electron chi connectivity index (χ3n) is 21.4. The van der Waals surface area contributed by atoms with E-state index in [0.717, 1.165) is 18.1 Å². The number of likely N-dealkylation sites (N-methyl/N-ethyl adjacent to an activating group) is 2. The molecule has 2 unspecified atom stereocenters. The van der Waals surface area contributed by atoms with Crippen molar-refractivity contribution in [2.24, 2.45) is 59.0 Å². The van der Waals surface area contributed by atoms with E-state index in [-0.39, 0.29) is 143 Å². The Bertz CT molecular complexity index is 3490. The molecular formula is C80H117F4N9O14. The summed E-state index contributed by atoms with van der Waals surface area (Å²) in [4.78, 5) is 158. The van der Waals surface area contributed by atoms with Crippen LogP contribution in [0.4, 0.5) is 28.0 Å². The Morgan fingerprint density at radius 3 is 1.86 bits per heavy atom. The highest BCUT2D eigenvalue weighted by Crippen LogP contribution is 2.35. The molecule has 0 bridgehead atoms. The van der Waals surface area contributed by atoms with Gasteiger partial charge in [-0.2, -0.15) is 8.78 Å². The lowest BCUT2D eigenvalue weighted by molar-refractivity contribution is -0.149. The summed E-state index contributed by atoms with van der Waals surface area (Å²) in [6, 6.07) is 12.5. The first-order valence-electron chi connectivity index (χ1n) is 37.7. The molecule has 27 heteroatoms. The number of benzene rings is 3. The van der Waals surface area contributed by atoms with Crippen molar-refractivity contribution in [2.45, 2.75) is 215 Å². The number of halogens is 4. The molecule has 2 aliphatic heterocycles. The van der Waals surface area contributed by atoms with Crippen LogP contribution < -0.4 is 31.7 Å². The molecular weight excluding hydrogens is 1390 g/mol. The van der Waals surface area contributed by atoms with E-state index in [0.29, 0.717) is 37.9 Å². The number of nitrogens with zero attached hydrogens (tertiary/aromatic N) is 4. The predicted octanol–water partition coefficient (Wildman–Crippen LogP) is 9.88. The van der Waals surface area contributed by atoms with Gasteiger partial charge < -0.3 is 55.9 Å². The number of methoxy groups -OCH3 is 2. The van der Waals surface area contributed by atoms with Gasteiger partial charge in [-0.3, -0.25) is 52.8 Å². The fourth-order valence-electron chi connectivity index (χ4n) is 15.1. The van der Waals surface area contributed by atoms with Crippen LogP contribution in [0, 0.1) is 83.5 Å². The molecule has 2 aliphatic rings. The Morgan fingerprint density at radius 2 is 1.30 bits per heavy atom. The van der Waals surface area contributed by atoms with E-state index in [9.17, 15) is 70.3 Å². The maximum absolute atomic E-state index is 14.7. The van der Waals surface area contributed by atoms with Gasteiger partial charge in [-0.25, -0.2) is 13.6 Å². The molecule has 8 amide bonds. The minimum atomic E-state index is -1.85. The van der Waals surface area contributed by atoms with E-state index >= 15 is 0 Å². The standard InChI is InChI=1S/C80H117F4N9O14/c1-17-48(8)73(91(14)78(102)58(45(2)3)43-62(96)72(47(6)7)90(12)13)63(105-15)44-66(99)93-37-22-26-59(93)74(106-16)50(10)60(94)42-56(40-53-23-19-18-20-24-53)76(100)86-36-33-52-27-29-57(30-28-52)88-77(101)54(25-21-35-87-80(85)104)41-61(95)71(46(4)5)89-64(97)31-32-65(98)92-38-34-55(39-49(92)9)79(103)107-75-69(83)67(81)51(11)68(82)70(75)84/h18-20,23-24,27-30,45-50,54-56,58-59,63,71-74H,17,21-22,25-26,31-44H2,1-16H3,(H,86,100)(H,88,101)(H,89,97)(H3,85,87,104)/t48-,49?,50-,54+,55?,56+,58-,59-,63+,71-,72-,73-,74+/m0/s1. The first-order valence-corrected chi connectivity index (χ1v) is 37.7. The summed E-state index contributed by atoms with van der Waals surface area (Å²) in [5.41, 5.74) is 6.43. The lowest BCUT2D eigenvalue weighted by Gasteiger charge is -2.41. The first kappa shape index (κ1) is 89.5. The van der Waals surface area contributed by atoms with Crippen LogP contribution in [0.2, 0.25) is 0 Å². The third-order valence-corrected chi connectivity index (χ3v) is 21.4. The normalized spacial score (nSPS) is 18.1. The van der Waals surface area contributed by atoms with E-state index in [1.54, 1.807) is 75.9 Å². The number of nitrogens with one attached hydrogen (secondary N) is 4. The zero-order valence-electron chi connectivity index (χ0n) is 65.5. The van der Waals surface area contributed by atoms with Gasteiger partial charge in [0.15, 0.2) is 23.2 Å². The first-order chi connectivity index (χ1) is 50.5. The number of anilines is 1. The van der Waals surface area contributed by atoms with E-state index in [1.807, 2.05) is 90.9 Å². The molecule has 2 fully saturated rings.